The molecule has 0 aliphatic rings. The molecule has 0 aromatic heterocycles. The molecule has 0 spiro atoms. The monoisotopic (exact) mass is 288 g/mol. The lowest BCUT2D eigenvalue weighted by Gasteiger charge is -2.13. The molecule has 3 nitrogen and oxygen atoms in total. The average Bonchev–Trinajstić information content (AvgIpc) is 2.49. The first-order chi connectivity index (χ1) is 10.2. The van der Waals surface area contributed by atoms with Gasteiger partial charge in [-0.3, -0.25) is 4.79 Å². The van der Waals surface area contributed by atoms with Crippen molar-refractivity contribution in [3.05, 3.63) is 47.8 Å². The van der Waals surface area contributed by atoms with E-state index in [9.17, 15) is 9.18 Å². The Bertz CT molecular complexity index is 638. The van der Waals surface area contributed by atoms with Crippen LogP contribution in [0.25, 0.3) is 11.1 Å². The van der Waals surface area contributed by atoms with Crippen molar-refractivity contribution in [2.75, 3.05) is 13.2 Å². The van der Waals surface area contributed by atoms with Crippen molar-refractivity contribution in [1.82, 2.24) is 0 Å². The molecule has 0 saturated heterocycles. The molecule has 0 fully saturated rings. The minimum atomic E-state index is -0.387. The second-order valence-electron chi connectivity index (χ2n) is 4.38. The van der Waals surface area contributed by atoms with E-state index in [2.05, 4.69) is 0 Å². The van der Waals surface area contributed by atoms with Gasteiger partial charge in [-0.2, -0.15) is 0 Å². The summed E-state index contributed by atoms with van der Waals surface area (Å²) in [6.45, 7) is 4.79. The van der Waals surface area contributed by atoms with Crippen LogP contribution >= 0.6 is 0 Å². The van der Waals surface area contributed by atoms with Gasteiger partial charge in [0.2, 0.25) is 0 Å². The molecule has 0 N–H and O–H groups in total. The van der Waals surface area contributed by atoms with E-state index in [1.165, 1.54) is 18.2 Å². The predicted octanol–water partition coefficient (Wildman–Crippen LogP) is 4.10. The van der Waals surface area contributed by atoms with E-state index in [0.717, 1.165) is 0 Å². The average molecular weight is 288 g/mol. The van der Waals surface area contributed by atoms with E-state index < -0.39 is 0 Å². The normalized spacial score (nSPS) is 10.2. The molecule has 2 rings (SSSR count). The number of hydrogen-bond donors (Lipinski definition) is 0. The summed E-state index contributed by atoms with van der Waals surface area (Å²) in [7, 11) is 0. The van der Waals surface area contributed by atoms with E-state index in [0.29, 0.717) is 47.7 Å². The van der Waals surface area contributed by atoms with Crippen molar-refractivity contribution in [2.45, 2.75) is 13.8 Å². The highest BCUT2D eigenvalue weighted by Gasteiger charge is 2.11. The third kappa shape index (κ3) is 3.40. The fourth-order valence-corrected chi connectivity index (χ4v) is 2.10. The molecule has 2 aromatic carbocycles. The standard InChI is InChI=1S/C17H17FO3/c1-3-20-16-8-6-12(9-17(16)21-4-2)15-10-14(18)7-5-13(15)11-19/h5-11H,3-4H2,1-2H3. The van der Waals surface area contributed by atoms with Crippen LogP contribution in [0.2, 0.25) is 0 Å². The summed E-state index contributed by atoms with van der Waals surface area (Å²) in [5.41, 5.74) is 1.68. The van der Waals surface area contributed by atoms with Crippen LogP contribution in [0.1, 0.15) is 24.2 Å². The topological polar surface area (TPSA) is 35.5 Å². The highest BCUT2D eigenvalue weighted by atomic mass is 19.1. The van der Waals surface area contributed by atoms with Crippen molar-refractivity contribution in [2.24, 2.45) is 0 Å². The van der Waals surface area contributed by atoms with E-state index in [-0.39, 0.29) is 5.82 Å². The lowest BCUT2D eigenvalue weighted by molar-refractivity contribution is 0.112. The van der Waals surface area contributed by atoms with Crippen LogP contribution in [0.3, 0.4) is 0 Å². The molecule has 0 heterocycles. The van der Waals surface area contributed by atoms with Gasteiger partial charge in [0.15, 0.2) is 17.8 Å². The Morgan fingerprint density at radius 2 is 1.71 bits per heavy atom. The van der Waals surface area contributed by atoms with Crippen LogP contribution in [-0.2, 0) is 0 Å². The number of hydrogen-bond acceptors (Lipinski definition) is 3. The Labute approximate surface area is 123 Å². The number of rotatable bonds is 6. The summed E-state index contributed by atoms with van der Waals surface area (Å²) in [5.74, 6) is 0.826. The van der Waals surface area contributed by atoms with Gasteiger partial charge in [0.25, 0.3) is 0 Å². The van der Waals surface area contributed by atoms with E-state index in [4.69, 9.17) is 9.47 Å². The summed E-state index contributed by atoms with van der Waals surface area (Å²) >= 11 is 0. The number of halogens is 1. The summed E-state index contributed by atoms with van der Waals surface area (Å²) in [5, 5.41) is 0. The van der Waals surface area contributed by atoms with Gasteiger partial charge in [-0.1, -0.05) is 6.07 Å². The second-order valence-corrected chi connectivity index (χ2v) is 4.38. The quantitative estimate of drug-likeness (QED) is 0.751. The van der Waals surface area contributed by atoms with Crippen molar-refractivity contribution in [1.29, 1.82) is 0 Å². The number of aldehydes is 1. The van der Waals surface area contributed by atoms with Crippen molar-refractivity contribution < 1.29 is 18.7 Å². The maximum atomic E-state index is 13.4. The fraction of sp³-hybridized carbons (Fsp3) is 0.235. The maximum absolute atomic E-state index is 13.4. The molecule has 0 amide bonds. The SMILES string of the molecule is CCOc1ccc(-c2cc(F)ccc2C=O)cc1OCC. The van der Waals surface area contributed by atoms with Crippen LogP contribution in [0.15, 0.2) is 36.4 Å². The maximum Gasteiger partial charge on any atom is 0.161 e. The fourth-order valence-electron chi connectivity index (χ4n) is 2.10. The van der Waals surface area contributed by atoms with Crippen molar-refractivity contribution in [3.8, 4) is 22.6 Å². The molecule has 110 valence electrons. The smallest absolute Gasteiger partial charge is 0.161 e. The summed E-state index contributed by atoms with van der Waals surface area (Å²) in [4.78, 5) is 11.1. The zero-order valence-corrected chi connectivity index (χ0v) is 12.1. The number of ether oxygens (including phenoxy) is 2. The third-order valence-corrected chi connectivity index (χ3v) is 3.00. The Hall–Kier alpha value is -2.36. The largest absolute Gasteiger partial charge is 0.490 e. The molecular weight excluding hydrogens is 271 g/mol. The van der Waals surface area contributed by atoms with Gasteiger partial charge < -0.3 is 9.47 Å². The van der Waals surface area contributed by atoms with Crippen LogP contribution < -0.4 is 9.47 Å². The minimum absolute atomic E-state index is 0.387. The van der Waals surface area contributed by atoms with E-state index in [1.807, 2.05) is 13.8 Å². The van der Waals surface area contributed by atoms with Gasteiger partial charge in [-0.25, -0.2) is 4.39 Å². The molecule has 0 saturated carbocycles. The van der Waals surface area contributed by atoms with Gasteiger partial charge in [-0.15, -0.1) is 0 Å². The first kappa shape index (κ1) is 15.0. The second kappa shape index (κ2) is 6.88. The zero-order chi connectivity index (χ0) is 15.2. The Morgan fingerprint density at radius 1 is 1.00 bits per heavy atom. The lowest BCUT2D eigenvalue weighted by atomic mass is 10.00. The molecule has 0 radical (unpaired) electrons. The molecule has 0 unspecified atom stereocenters. The number of benzene rings is 2. The summed E-state index contributed by atoms with van der Waals surface area (Å²) in [6.07, 6.45) is 0.714. The van der Waals surface area contributed by atoms with E-state index in [1.54, 1.807) is 18.2 Å². The predicted molar refractivity (Wildman–Crippen MR) is 79.6 cm³/mol. The van der Waals surface area contributed by atoms with Gasteiger partial charge in [0, 0.05) is 5.56 Å². The van der Waals surface area contributed by atoms with Crippen LogP contribution in [0.5, 0.6) is 11.5 Å². The van der Waals surface area contributed by atoms with E-state index >= 15 is 0 Å². The Balaban J connectivity index is 2.51. The molecule has 2 aromatic rings. The number of carbonyl (C=O) groups excluding carboxylic acids is 1. The molecule has 0 atom stereocenters. The highest BCUT2D eigenvalue weighted by Crippen LogP contribution is 2.34. The Morgan fingerprint density at radius 3 is 2.38 bits per heavy atom. The molecule has 4 heteroatoms. The molecule has 0 bridgehead atoms. The molecule has 0 aliphatic carbocycles. The van der Waals surface area contributed by atoms with Gasteiger partial charge in [0.05, 0.1) is 13.2 Å². The minimum Gasteiger partial charge on any atom is -0.490 e. The zero-order valence-electron chi connectivity index (χ0n) is 12.1. The summed E-state index contributed by atoms with van der Waals surface area (Å²) < 4.78 is 24.5. The first-order valence-corrected chi connectivity index (χ1v) is 6.84. The van der Waals surface area contributed by atoms with Gasteiger partial charge in [-0.05, 0) is 55.3 Å². The Kier molecular flexibility index (Phi) is 4.93. The first-order valence-electron chi connectivity index (χ1n) is 6.84. The van der Waals surface area contributed by atoms with Gasteiger partial charge in [0.1, 0.15) is 5.82 Å². The lowest BCUT2D eigenvalue weighted by Crippen LogP contribution is -1.99. The van der Waals surface area contributed by atoms with Crippen LogP contribution in [-0.4, -0.2) is 19.5 Å². The molecule has 21 heavy (non-hydrogen) atoms. The van der Waals surface area contributed by atoms with Crippen molar-refractivity contribution in [3.63, 3.8) is 0 Å². The van der Waals surface area contributed by atoms with Crippen molar-refractivity contribution >= 4 is 6.29 Å². The number of carbonyl (C=O) groups is 1. The molecule has 0 aliphatic heterocycles. The summed E-state index contributed by atoms with van der Waals surface area (Å²) in [6, 6.07) is 9.39. The third-order valence-electron chi connectivity index (χ3n) is 3.00. The van der Waals surface area contributed by atoms with Gasteiger partial charge >= 0.3 is 0 Å². The molecular formula is C17H17FO3. The highest BCUT2D eigenvalue weighted by molar-refractivity contribution is 5.88. The van der Waals surface area contributed by atoms with Crippen LogP contribution in [0, 0.1) is 5.82 Å². The van der Waals surface area contributed by atoms with Crippen LogP contribution in [0.4, 0.5) is 4.39 Å².